The molecule has 2 aromatic carbocycles. The predicted molar refractivity (Wildman–Crippen MR) is 124 cm³/mol. The van der Waals surface area contributed by atoms with Crippen LogP contribution in [0.2, 0.25) is 0 Å². The van der Waals surface area contributed by atoms with E-state index < -0.39 is 0 Å². The average Bonchev–Trinajstić information content (AvgIpc) is 3.25. The van der Waals surface area contributed by atoms with Gasteiger partial charge in [0.2, 0.25) is 5.91 Å². The number of amides is 1. The molecule has 2 aromatic rings. The highest BCUT2D eigenvalue weighted by Gasteiger charge is 2.20. The van der Waals surface area contributed by atoms with E-state index in [1.165, 1.54) is 6.08 Å². The normalized spacial score (nSPS) is 16.0. The maximum absolute atomic E-state index is 12.3. The van der Waals surface area contributed by atoms with E-state index in [2.05, 4.69) is 24.2 Å². The third-order valence-electron chi connectivity index (χ3n) is 4.90. The average molecular weight is 425 g/mol. The zero-order valence-electron chi connectivity index (χ0n) is 17.6. The number of ether oxygens (including phenoxy) is 2. The summed E-state index contributed by atoms with van der Waals surface area (Å²) in [5, 5.41) is 3.51. The Bertz CT molecular complexity index is 888. The number of carbonyl (C=O) groups excluding carboxylic acids is 1. The summed E-state index contributed by atoms with van der Waals surface area (Å²) in [6.07, 6.45) is 5.53. The van der Waals surface area contributed by atoms with Crippen LogP contribution in [0.25, 0.3) is 6.08 Å². The summed E-state index contributed by atoms with van der Waals surface area (Å²) in [7, 11) is 1.65. The monoisotopic (exact) mass is 424 g/mol. The van der Waals surface area contributed by atoms with Crippen LogP contribution in [-0.4, -0.2) is 30.0 Å². The highest BCUT2D eigenvalue weighted by atomic mass is 32.2. The number of hydrogen-bond acceptors (Lipinski definition) is 5. The molecule has 0 saturated carbocycles. The number of carbonyl (C=O) groups is 1. The lowest BCUT2D eigenvalue weighted by Crippen LogP contribution is -2.25. The van der Waals surface area contributed by atoms with E-state index in [0.717, 1.165) is 41.2 Å². The summed E-state index contributed by atoms with van der Waals surface area (Å²) in [5.41, 5.74) is 2.05. The first-order chi connectivity index (χ1) is 14.6. The number of rotatable bonds is 8. The van der Waals surface area contributed by atoms with Crippen molar-refractivity contribution in [3.8, 4) is 11.5 Å². The molecule has 6 heteroatoms. The van der Waals surface area contributed by atoms with Gasteiger partial charge >= 0.3 is 0 Å². The second-order valence-electron chi connectivity index (χ2n) is 6.98. The number of benzene rings is 2. The van der Waals surface area contributed by atoms with Crippen LogP contribution < -0.4 is 14.8 Å². The minimum atomic E-state index is -0.186. The molecule has 0 bridgehead atoms. The van der Waals surface area contributed by atoms with Crippen molar-refractivity contribution in [1.29, 1.82) is 0 Å². The van der Waals surface area contributed by atoms with Crippen LogP contribution in [0.5, 0.6) is 11.5 Å². The van der Waals surface area contributed by atoms with Gasteiger partial charge in [-0.2, -0.15) is 0 Å². The molecule has 0 radical (unpaired) electrons. The van der Waals surface area contributed by atoms with Crippen LogP contribution in [0.15, 0.2) is 59.6 Å². The largest absolute Gasteiger partial charge is 0.497 e. The molecule has 1 unspecified atom stereocenters. The van der Waals surface area contributed by atoms with Crippen LogP contribution in [0.3, 0.4) is 0 Å². The first-order valence-electron chi connectivity index (χ1n) is 10.2. The zero-order chi connectivity index (χ0) is 21.3. The number of nitrogens with zero attached hydrogens (tertiary/aromatic N) is 1. The van der Waals surface area contributed by atoms with Crippen molar-refractivity contribution in [2.24, 2.45) is 4.99 Å². The minimum Gasteiger partial charge on any atom is -0.497 e. The van der Waals surface area contributed by atoms with E-state index in [-0.39, 0.29) is 18.1 Å². The molecule has 30 heavy (non-hydrogen) atoms. The second-order valence-corrected chi connectivity index (χ2v) is 7.99. The summed E-state index contributed by atoms with van der Waals surface area (Å²) in [6.45, 7) is 4.24. The molecule has 1 N–H and O–H groups in total. The first kappa shape index (κ1) is 22.0. The van der Waals surface area contributed by atoms with E-state index in [1.807, 2.05) is 48.5 Å². The maximum Gasteiger partial charge on any atom is 0.249 e. The standard InChI is InChI=1S/C24H28N2O3S/c1-4-19(5-2)29-21-11-6-17(7-12-21)8-15-23(27)26-24-25-22(16-30-24)18-9-13-20(28-3)14-10-18/h6-15,19,22H,4-5,16H2,1-3H3,(H,25,26,27)/b15-8+. The lowest BCUT2D eigenvalue weighted by atomic mass is 10.1. The number of aliphatic imine (C=N–C) groups is 1. The molecular weight excluding hydrogens is 396 g/mol. The van der Waals surface area contributed by atoms with Gasteiger partial charge in [-0.05, 0) is 54.3 Å². The van der Waals surface area contributed by atoms with E-state index in [0.29, 0.717) is 5.17 Å². The van der Waals surface area contributed by atoms with Crippen molar-refractivity contribution in [2.45, 2.75) is 38.8 Å². The molecule has 1 amide bonds. The molecule has 1 aliphatic heterocycles. The van der Waals surface area contributed by atoms with Crippen LogP contribution >= 0.6 is 11.8 Å². The Morgan fingerprint density at radius 1 is 1.13 bits per heavy atom. The molecule has 1 atom stereocenters. The van der Waals surface area contributed by atoms with Gasteiger partial charge in [-0.1, -0.05) is 49.9 Å². The number of methoxy groups -OCH3 is 1. The molecule has 0 fully saturated rings. The Morgan fingerprint density at radius 3 is 2.43 bits per heavy atom. The molecule has 1 aliphatic rings. The van der Waals surface area contributed by atoms with Gasteiger partial charge in [-0.25, -0.2) is 0 Å². The molecule has 158 valence electrons. The van der Waals surface area contributed by atoms with E-state index in [1.54, 1.807) is 24.9 Å². The molecule has 0 aliphatic carbocycles. The molecule has 3 rings (SSSR count). The summed E-state index contributed by atoms with van der Waals surface area (Å²) < 4.78 is 11.1. The van der Waals surface area contributed by atoms with Gasteiger partial charge in [0.15, 0.2) is 5.17 Å². The van der Waals surface area contributed by atoms with E-state index in [4.69, 9.17) is 9.47 Å². The van der Waals surface area contributed by atoms with Crippen LogP contribution in [0.1, 0.15) is 43.9 Å². The Labute approximate surface area is 182 Å². The Kier molecular flexibility index (Phi) is 7.97. The van der Waals surface area contributed by atoms with Crippen LogP contribution in [0, 0.1) is 0 Å². The topological polar surface area (TPSA) is 59.9 Å². The van der Waals surface area contributed by atoms with Crippen molar-refractivity contribution in [2.75, 3.05) is 12.9 Å². The third-order valence-corrected chi connectivity index (χ3v) is 5.87. The van der Waals surface area contributed by atoms with Gasteiger partial charge < -0.3 is 14.8 Å². The van der Waals surface area contributed by atoms with Gasteiger partial charge in [0.1, 0.15) is 11.5 Å². The van der Waals surface area contributed by atoms with Gasteiger partial charge in [0.05, 0.1) is 19.3 Å². The van der Waals surface area contributed by atoms with Crippen molar-refractivity contribution < 1.29 is 14.3 Å². The number of hydrogen-bond donors (Lipinski definition) is 1. The Morgan fingerprint density at radius 2 is 1.80 bits per heavy atom. The van der Waals surface area contributed by atoms with Crippen molar-refractivity contribution in [3.05, 3.63) is 65.7 Å². The number of nitrogens with one attached hydrogen (secondary N) is 1. The molecule has 1 heterocycles. The number of amidine groups is 1. The van der Waals surface area contributed by atoms with E-state index in [9.17, 15) is 4.79 Å². The zero-order valence-corrected chi connectivity index (χ0v) is 18.4. The summed E-state index contributed by atoms with van der Waals surface area (Å²) in [6, 6.07) is 15.7. The first-order valence-corrected chi connectivity index (χ1v) is 11.2. The SMILES string of the molecule is CCC(CC)Oc1ccc(/C=C/C(=O)NC2=NC(c3ccc(OC)cc3)CS2)cc1. The van der Waals surface area contributed by atoms with Crippen molar-refractivity contribution in [1.82, 2.24) is 5.32 Å². The van der Waals surface area contributed by atoms with Crippen LogP contribution in [-0.2, 0) is 4.79 Å². The lowest BCUT2D eigenvalue weighted by molar-refractivity contribution is -0.115. The summed E-state index contributed by atoms with van der Waals surface area (Å²) in [5.74, 6) is 2.30. The molecule has 0 aromatic heterocycles. The Balaban J connectivity index is 1.53. The van der Waals surface area contributed by atoms with Crippen LogP contribution in [0.4, 0.5) is 0 Å². The quantitative estimate of drug-likeness (QED) is 0.589. The highest BCUT2D eigenvalue weighted by molar-refractivity contribution is 8.14. The fraction of sp³-hybridized carbons (Fsp3) is 0.333. The third kappa shape index (κ3) is 6.13. The molecule has 5 nitrogen and oxygen atoms in total. The summed E-state index contributed by atoms with van der Waals surface area (Å²) in [4.78, 5) is 16.9. The van der Waals surface area contributed by atoms with Gasteiger partial charge in [0, 0.05) is 11.8 Å². The molecule has 0 spiro atoms. The highest BCUT2D eigenvalue weighted by Crippen LogP contribution is 2.30. The maximum atomic E-state index is 12.3. The van der Waals surface area contributed by atoms with Crippen molar-refractivity contribution >= 4 is 28.9 Å². The summed E-state index contributed by atoms with van der Waals surface area (Å²) >= 11 is 1.55. The minimum absolute atomic E-state index is 0.0443. The number of thioether (sulfide) groups is 1. The van der Waals surface area contributed by atoms with Crippen molar-refractivity contribution in [3.63, 3.8) is 0 Å². The van der Waals surface area contributed by atoms with E-state index >= 15 is 0 Å². The predicted octanol–water partition coefficient (Wildman–Crippen LogP) is 5.24. The van der Waals surface area contributed by atoms with Gasteiger partial charge in [0.25, 0.3) is 0 Å². The Hall–Kier alpha value is -2.73. The molecular formula is C24H28N2O3S. The second kappa shape index (κ2) is 10.9. The fourth-order valence-electron chi connectivity index (χ4n) is 3.06. The fourth-order valence-corrected chi connectivity index (χ4v) is 4.02. The smallest absolute Gasteiger partial charge is 0.249 e. The lowest BCUT2D eigenvalue weighted by Gasteiger charge is -2.15. The van der Waals surface area contributed by atoms with Gasteiger partial charge in [-0.3, -0.25) is 9.79 Å². The van der Waals surface area contributed by atoms with Gasteiger partial charge in [-0.15, -0.1) is 0 Å². The molecule has 0 saturated heterocycles.